The topological polar surface area (TPSA) is 36.4 Å². The van der Waals surface area contributed by atoms with Gasteiger partial charge in [0.05, 0.1) is 5.56 Å². The lowest BCUT2D eigenvalue weighted by atomic mass is 9.85. The van der Waals surface area contributed by atoms with Crippen molar-refractivity contribution in [3.63, 3.8) is 0 Å². The van der Waals surface area contributed by atoms with E-state index in [4.69, 9.17) is 0 Å². The third-order valence-corrected chi connectivity index (χ3v) is 4.76. The molecule has 130 valence electrons. The van der Waals surface area contributed by atoms with Crippen LogP contribution < -0.4 is 10.6 Å². The van der Waals surface area contributed by atoms with Crippen LogP contribution in [0.2, 0.25) is 0 Å². The average molecular weight is 337 g/mol. The zero-order valence-electron chi connectivity index (χ0n) is 13.7. The van der Waals surface area contributed by atoms with Gasteiger partial charge in [0.1, 0.15) is 12.0 Å². The molecule has 1 atom stereocenters. The molecule has 1 aliphatic carbocycles. The number of halogens is 3. The minimum atomic E-state index is -4.38. The Morgan fingerprint density at radius 1 is 1.04 bits per heavy atom. The van der Waals surface area contributed by atoms with Crippen LogP contribution in [0.3, 0.4) is 0 Å². The summed E-state index contributed by atoms with van der Waals surface area (Å²) in [5, 5.41) is 6.35. The highest BCUT2D eigenvalue weighted by Gasteiger charge is 2.36. The van der Waals surface area contributed by atoms with E-state index in [2.05, 4.69) is 15.6 Å². The summed E-state index contributed by atoms with van der Waals surface area (Å²) in [7, 11) is 1.65. The summed E-state index contributed by atoms with van der Waals surface area (Å²) in [4.78, 5) is 4.17. The number of nitrogens with one attached hydrogen (secondary N) is 2. The van der Waals surface area contributed by atoms with E-state index < -0.39 is 17.9 Å². The third kappa shape index (κ3) is 3.57. The van der Waals surface area contributed by atoms with Crippen molar-refractivity contribution in [1.29, 1.82) is 0 Å². The van der Waals surface area contributed by atoms with Crippen LogP contribution in [-0.2, 0) is 6.18 Å². The van der Waals surface area contributed by atoms with Gasteiger partial charge >= 0.3 is 6.18 Å². The van der Waals surface area contributed by atoms with E-state index in [0.29, 0.717) is 11.8 Å². The molecule has 0 spiro atoms. The largest absolute Gasteiger partial charge is 0.416 e. The van der Waals surface area contributed by atoms with Gasteiger partial charge in [-0.05, 0) is 30.9 Å². The molecule has 1 unspecified atom stereocenters. The van der Waals surface area contributed by atoms with Crippen LogP contribution >= 0.6 is 0 Å². The Morgan fingerprint density at radius 3 is 2.42 bits per heavy atom. The number of alkyl halides is 3. The molecule has 0 amide bonds. The first-order valence-electron chi connectivity index (χ1n) is 8.36. The number of allylic oxidation sites excluding steroid dienone is 1. The zero-order chi connectivity index (χ0) is 17.2. The van der Waals surface area contributed by atoms with Gasteiger partial charge in [-0.25, -0.2) is 0 Å². The number of nitrogens with zero attached hydrogens (tertiary/aromatic N) is 1. The molecule has 0 saturated heterocycles. The molecular weight excluding hydrogens is 315 g/mol. The SMILES string of the molecule is CN=C1C=C(C2CCCCC2)NC(c2ccccc2C(F)(F)F)N1. The van der Waals surface area contributed by atoms with Crippen molar-refractivity contribution in [3.8, 4) is 0 Å². The molecule has 1 saturated carbocycles. The zero-order valence-corrected chi connectivity index (χ0v) is 13.7. The van der Waals surface area contributed by atoms with E-state index in [1.165, 1.54) is 31.4 Å². The molecule has 0 aromatic heterocycles. The van der Waals surface area contributed by atoms with Gasteiger partial charge in [0.2, 0.25) is 0 Å². The number of rotatable bonds is 2. The fourth-order valence-electron chi connectivity index (χ4n) is 3.52. The molecule has 0 bridgehead atoms. The quantitative estimate of drug-likeness (QED) is 0.840. The molecular formula is C18H22F3N3. The monoisotopic (exact) mass is 337 g/mol. The van der Waals surface area contributed by atoms with E-state index in [-0.39, 0.29) is 5.56 Å². The second-order valence-corrected chi connectivity index (χ2v) is 6.35. The summed E-state index contributed by atoms with van der Waals surface area (Å²) in [6.07, 6.45) is 2.64. The maximum Gasteiger partial charge on any atom is 0.416 e. The molecule has 1 fully saturated rings. The fourth-order valence-corrected chi connectivity index (χ4v) is 3.52. The molecule has 24 heavy (non-hydrogen) atoms. The van der Waals surface area contributed by atoms with Gasteiger partial charge in [-0.1, -0.05) is 37.5 Å². The van der Waals surface area contributed by atoms with Gasteiger partial charge in [-0.3, -0.25) is 4.99 Å². The van der Waals surface area contributed by atoms with Gasteiger partial charge in [0.25, 0.3) is 0 Å². The molecule has 0 radical (unpaired) electrons. The lowest BCUT2D eigenvalue weighted by molar-refractivity contribution is -0.138. The fraction of sp³-hybridized carbons (Fsp3) is 0.500. The number of benzene rings is 1. The van der Waals surface area contributed by atoms with E-state index in [1.54, 1.807) is 13.1 Å². The molecule has 1 heterocycles. The number of hydrogen-bond acceptors (Lipinski definition) is 2. The van der Waals surface area contributed by atoms with Crippen molar-refractivity contribution in [2.24, 2.45) is 10.9 Å². The van der Waals surface area contributed by atoms with Crippen LogP contribution in [0, 0.1) is 5.92 Å². The average Bonchev–Trinajstić information content (AvgIpc) is 2.61. The van der Waals surface area contributed by atoms with Crippen LogP contribution in [-0.4, -0.2) is 12.9 Å². The number of aliphatic imine (C=N–C) groups is 1. The first-order chi connectivity index (χ1) is 11.5. The molecule has 1 aromatic rings. The Labute approximate surface area is 140 Å². The Balaban J connectivity index is 1.91. The molecule has 1 aromatic carbocycles. The van der Waals surface area contributed by atoms with Crippen molar-refractivity contribution in [2.45, 2.75) is 44.4 Å². The van der Waals surface area contributed by atoms with Gasteiger partial charge in [0.15, 0.2) is 0 Å². The predicted octanol–water partition coefficient (Wildman–Crippen LogP) is 4.39. The molecule has 2 N–H and O–H groups in total. The van der Waals surface area contributed by atoms with Crippen LogP contribution in [0.1, 0.15) is 49.4 Å². The number of hydrogen-bond donors (Lipinski definition) is 2. The van der Waals surface area contributed by atoms with Crippen LogP contribution in [0.4, 0.5) is 13.2 Å². The Bertz CT molecular complexity index is 643. The normalized spacial score (nSPS) is 24.2. The van der Waals surface area contributed by atoms with Crippen LogP contribution in [0.15, 0.2) is 41.0 Å². The van der Waals surface area contributed by atoms with E-state index in [1.807, 2.05) is 6.08 Å². The maximum atomic E-state index is 13.3. The molecule has 3 nitrogen and oxygen atoms in total. The maximum absolute atomic E-state index is 13.3. The first-order valence-corrected chi connectivity index (χ1v) is 8.36. The van der Waals surface area contributed by atoms with E-state index in [0.717, 1.165) is 24.6 Å². The van der Waals surface area contributed by atoms with Crippen molar-refractivity contribution in [2.75, 3.05) is 7.05 Å². The summed E-state index contributed by atoms with van der Waals surface area (Å²) in [5.41, 5.74) is 0.582. The van der Waals surface area contributed by atoms with Crippen LogP contribution in [0.25, 0.3) is 0 Å². The Kier molecular flexibility index (Phi) is 4.83. The van der Waals surface area contributed by atoms with Crippen molar-refractivity contribution in [3.05, 3.63) is 47.2 Å². The molecule has 1 aliphatic heterocycles. The second-order valence-electron chi connectivity index (χ2n) is 6.35. The van der Waals surface area contributed by atoms with E-state index in [9.17, 15) is 13.2 Å². The van der Waals surface area contributed by atoms with Gasteiger partial charge in [-0.15, -0.1) is 0 Å². The second kappa shape index (κ2) is 6.87. The minimum Gasteiger partial charge on any atom is -0.365 e. The van der Waals surface area contributed by atoms with Crippen molar-refractivity contribution < 1.29 is 13.2 Å². The third-order valence-electron chi connectivity index (χ3n) is 4.76. The standard InChI is InChI=1S/C18H22F3N3/c1-22-16-11-15(12-7-3-2-4-8-12)23-17(24-16)13-9-5-6-10-14(13)18(19,20)21/h5-6,9-12,17,23H,2-4,7-8H2,1H3,(H,22,24). The summed E-state index contributed by atoms with van der Waals surface area (Å²) < 4.78 is 40.0. The highest BCUT2D eigenvalue weighted by molar-refractivity contribution is 5.94. The Morgan fingerprint density at radius 2 is 1.75 bits per heavy atom. The minimum absolute atomic E-state index is 0.201. The highest BCUT2D eigenvalue weighted by Crippen LogP contribution is 2.36. The van der Waals surface area contributed by atoms with Crippen molar-refractivity contribution in [1.82, 2.24) is 10.6 Å². The lowest BCUT2D eigenvalue weighted by Crippen LogP contribution is -2.44. The van der Waals surface area contributed by atoms with Crippen LogP contribution in [0.5, 0.6) is 0 Å². The van der Waals surface area contributed by atoms with Gasteiger partial charge in [0, 0.05) is 18.3 Å². The summed E-state index contributed by atoms with van der Waals surface area (Å²) in [6, 6.07) is 5.70. The highest BCUT2D eigenvalue weighted by atomic mass is 19.4. The molecule has 2 aliphatic rings. The van der Waals surface area contributed by atoms with Gasteiger partial charge in [-0.2, -0.15) is 13.2 Å². The van der Waals surface area contributed by atoms with Crippen molar-refractivity contribution >= 4 is 5.84 Å². The Hall–Kier alpha value is -1.98. The summed E-state index contributed by atoms with van der Waals surface area (Å²) in [5.74, 6) is 0.995. The molecule has 6 heteroatoms. The molecule has 3 rings (SSSR count). The van der Waals surface area contributed by atoms with E-state index >= 15 is 0 Å². The predicted molar refractivity (Wildman–Crippen MR) is 88.5 cm³/mol. The summed E-state index contributed by atoms with van der Waals surface area (Å²) >= 11 is 0. The smallest absolute Gasteiger partial charge is 0.365 e. The number of amidine groups is 1. The lowest BCUT2D eigenvalue weighted by Gasteiger charge is -2.34. The van der Waals surface area contributed by atoms with Gasteiger partial charge < -0.3 is 10.6 Å². The summed E-state index contributed by atoms with van der Waals surface area (Å²) in [6.45, 7) is 0. The first kappa shape index (κ1) is 16.9.